The molecule has 110 valence electrons. The van der Waals surface area contributed by atoms with Crippen molar-refractivity contribution in [1.82, 2.24) is 0 Å². The highest BCUT2D eigenvalue weighted by Gasteiger charge is 2.36. The van der Waals surface area contributed by atoms with Crippen LogP contribution in [0.2, 0.25) is 0 Å². The first kappa shape index (κ1) is 15.1. The number of nitrogens with zero attached hydrogens (tertiary/aromatic N) is 1. The van der Waals surface area contributed by atoms with Crippen LogP contribution in [-0.2, 0) is 6.18 Å². The second-order valence-corrected chi connectivity index (χ2v) is 6.37. The van der Waals surface area contributed by atoms with Crippen molar-refractivity contribution in [2.45, 2.75) is 26.4 Å². The lowest BCUT2D eigenvalue weighted by Gasteiger charge is -2.23. The van der Waals surface area contributed by atoms with Crippen LogP contribution < -0.4 is 10.6 Å². The third-order valence-electron chi connectivity index (χ3n) is 3.62. The number of anilines is 1. The number of alkyl halides is 3. The van der Waals surface area contributed by atoms with E-state index in [1.165, 1.54) is 6.07 Å². The van der Waals surface area contributed by atoms with Crippen molar-refractivity contribution in [2.75, 3.05) is 18.0 Å². The van der Waals surface area contributed by atoms with Gasteiger partial charge in [0.05, 0.1) is 5.56 Å². The normalized spacial score (nSPS) is 18.4. The number of halogens is 3. The van der Waals surface area contributed by atoms with Crippen LogP contribution in [0.25, 0.3) is 0 Å². The lowest BCUT2D eigenvalue weighted by molar-refractivity contribution is -0.137. The Balaban J connectivity index is 2.41. The Bertz CT molecular complexity index is 538. The van der Waals surface area contributed by atoms with Crippen LogP contribution in [0.5, 0.6) is 0 Å². The molecule has 0 aliphatic carbocycles. The topological polar surface area (TPSA) is 29.3 Å². The number of hydrogen-bond acceptors (Lipinski definition) is 2. The first-order valence-corrected chi connectivity index (χ1v) is 6.77. The van der Waals surface area contributed by atoms with Gasteiger partial charge in [-0.15, -0.1) is 0 Å². The Hall–Kier alpha value is -1.30. The molecule has 2 rings (SSSR count). The van der Waals surface area contributed by atoms with Gasteiger partial charge in [0.1, 0.15) is 4.99 Å². The molecule has 0 amide bonds. The van der Waals surface area contributed by atoms with Crippen molar-refractivity contribution in [3.8, 4) is 0 Å². The molecule has 1 aromatic rings. The largest absolute Gasteiger partial charge is 0.417 e. The molecule has 1 aliphatic rings. The van der Waals surface area contributed by atoms with Gasteiger partial charge < -0.3 is 10.6 Å². The van der Waals surface area contributed by atoms with Gasteiger partial charge in [0.25, 0.3) is 0 Å². The maximum atomic E-state index is 13.1. The number of rotatable bonds is 2. The van der Waals surface area contributed by atoms with E-state index in [4.69, 9.17) is 18.0 Å². The zero-order chi connectivity index (χ0) is 15.1. The fourth-order valence-electron chi connectivity index (χ4n) is 2.51. The van der Waals surface area contributed by atoms with E-state index in [1.54, 1.807) is 6.07 Å². The highest BCUT2D eigenvalue weighted by Crippen LogP contribution is 2.37. The molecule has 20 heavy (non-hydrogen) atoms. The summed E-state index contributed by atoms with van der Waals surface area (Å²) in [5, 5.41) is 0. The van der Waals surface area contributed by atoms with E-state index in [-0.39, 0.29) is 16.0 Å². The predicted molar refractivity (Wildman–Crippen MR) is 77.9 cm³/mol. The molecule has 2 N–H and O–H groups in total. The van der Waals surface area contributed by atoms with Crippen molar-refractivity contribution in [3.63, 3.8) is 0 Å². The molecular formula is C14H17F3N2S. The lowest BCUT2D eigenvalue weighted by Crippen LogP contribution is -2.24. The van der Waals surface area contributed by atoms with Gasteiger partial charge in [0, 0.05) is 24.3 Å². The standard InChI is InChI=1S/C14H17F3N2S/c1-13(2)5-6-19(8-13)9-3-4-10(12(18)20)11(7-9)14(15,16)17/h3-4,7H,5-6,8H2,1-2H3,(H2,18,20). The minimum Gasteiger partial charge on any atom is -0.389 e. The maximum Gasteiger partial charge on any atom is 0.417 e. The minimum absolute atomic E-state index is 0.116. The summed E-state index contributed by atoms with van der Waals surface area (Å²) in [6, 6.07) is 4.17. The quantitative estimate of drug-likeness (QED) is 0.847. The van der Waals surface area contributed by atoms with E-state index in [2.05, 4.69) is 13.8 Å². The van der Waals surface area contributed by atoms with Crippen molar-refractivity contribution in [1.29, 1.82) is 0 Å². The van der Waals surface area contributed by atoms with Crippen molar-refractivity contribution in [2.24, 2.45) is 11.1 Å². The summed E-state index contributed by atoms with van der Waals surface area (Å²) in [4.78, 5) is 1.74. The molecule has 0 spiro atoms. The molecular weight excluding hydrogens is 285 g/mol. The second-order valence-electron chi connectivity index (χ2n) is 5.93. The zero-order valence-electron chi connectivity index (χ0n) is 11.4. The average molecular weight is 302 g/mol. The third-order valence-corrected chi connectivity index (χ3v) is 3.84. The van der Waals surface area contributed by atoms with Crippen LogP contribution in [0.15, 0.2) is 18.2 Å². The molecule has 0 atom stereocenters. The molecule has 1 fully saturated rings. The van der Waals surface area contributed by atoms with E-state index in [9.17, 15) is 13.2 Å². The third kappa shape index (κ3) is 3.06. The Kier molecular flexibility index (Phi) is 3.71. The number of thiocarbonyl (C=S) groups is 1. The first-order valence-electron chi connectivity index (χ1n) is 6.36. The maximum absolute atomic E-state index is 13.1. The molecule has 0 aromatic heterocycles. The fraction of sp³-hybridized carbons (Fsp3) is 0.500. The summed E-state index contributed by atoms with van der Waals surface area (Å²) in [6.45, 7) is 5.73. The summed E-state index contributed by atoms with van der Waals surface area (Å²) < 4.78 is 39.3. The van der Waals surface area contributed by atoms with Crippen LogP contribution in [0.3, 0.4) is 0 Å². The highest BCUT2D eigenvalue weighted by atomic mass is 32.1. The average Bonchev–Trinajstić information content (AvgIpc) is 2.67. The molecule has 0 unspecified atom stereocenters. The molecule has 6 heteroatoms. The summed E-state index contributed by atoms with van der Waals surface area (Å²) in [5.41, 5.74) is 5.20. The van der Waals surface area contributed by atoms with E-state index in [1.807, 2.05) is 4.90 Å². The van der Waals surface area contributed by atoms with Gasteiger partial charge >= 0.3 is 6.18 Å². The minimum atomic E-state index is -4.45. The smallest absolute Gasteiger partial charge is 0.389 e. The van der Waals surface area contributed by atoms with Gasteiger partial charge in [-0.05, 0) is 30.0 Å². The molecule has 0 saturated carbocycles. The second kappa shape index (κ2) is 4.91. The van der Waals surface area contributed by atoms with E-state index in [0.29, 0.717) is 5.69 Å². The van der Waals surface area contributed by atoms with Crippen molar-refractivity contribution >= 4 is 22.9 Å². The molecule has 2 nitrogen and oxygen atoms in total. The molecule has 1 aromatic carbocycles. The number of nitrogens with two attached hydrogens (primary N) is 1. The Morgan fingerprint density at radius 3 is 2.45 bits per heavy atom. The molecule has 1 saturated heterocycles. The summed E-state index contributed by atoms with van der Waals surface area (Å²) >= 11 is 4.70. The van der Waals surface area contributed by atoms with Gasteiger partial charge in [-0.1, -0.05) is 26.1 Å². The van der Waals surface area contributed by atoms with Crippen LogP contribution in [0, 0.1) is 5.41 Å². The van der Waals surface area contributed by atoms with Gasteiger partial charge in [-0.25, -0.2) is 0 Å². The Morgan fingerprint density at radius 2 is 2.00 bits per heavy atom. The van der Waals surface area contributed by atoms with E-state index < -0.39 is 11.7 Å². The van der Waals surface area contributed by atoms with Crippen molar-refractivity contribution < 1.29 is 13.2 Å². The summed E-state index contributed by atoms with van der Waals surface area (Å²) in [7, 11) is 0. The molecule has 0 radical (unpaired) electrons. The van der Waals surface area contributed by atoms with E-state index >= 15 is 0 Å². The first-order chi connectivity index (χ1) is 9.10. The fourth-order valence-corrected chi connectivity index (χ4v) is 2.69. The van der Waals surface area contributed by atoms with Crippen LogP contribution in [0.1, 0.15) is 31.4 Å². The van der Waals surface area contributed by atoms with Gasteiger partial charge in [0.2, 0.25) is 0 Å². The Morgan fingerprint density at radius 1 is 1.35 bits per heavy atom. The number of benzene rings is 1. The van der Waals surface area contributed by atoms with Gasteiger partial charge in [0.15, 0.2) is 0 Å². The SMILES string of the molecule is CC1(C)CCN(c2ccc(C(N)=S)c(C(F)(F)F)c2)C1. The van der Waals surface area contributed by atoms with Crippen LogP contribution in [0.4, 0.5) is 18.9 Å². The van der Waals surface area contributed by atoms with Gasteiger partial charge in [-0.2, -0.15) is 13.2 Å². The number of hydrogen-bond donors (Lipinski definition) is 1. The van der Waals surface area contributed by atoms with E-state index in [0.717, 1.165) is 25.6 Å². The monoisotopic (exact) mass is 302 g/mol. The van der Waals surface area contributed by atoms with Crippen LogP contribution >= 0.6 is 12.2 Å². The predicted octanol–water partition coefficient (Wildman–Crippen LogP) is 3.58. The van der Waals surface area contributed by atoms with Gasteiger partial charge in [-0.3, -0.25) is 0 Å². The highest BCUT2D eigenvalue weighted by molar-refractivity contribution is 7.80. The zero-order valence-corrected chi connectivity index (χ0v) is 12.2. The molecule has 0 bridgehead atoms. The lowest BCUT2D eigenvalue weighted by atomic mass is 9.93. The van der Waals surface area contributed by atoms with Crippen molar-refractivity contribution in [3.05, 3.63) is 29.3 Å². The summed E-state index contributed by atoms with van der Waals surface area (Å²) in [5.74, 6) is 0. The molecule has 1 aliphatic heterocycles. The molecule has 1 heterocycles. The van der Waals surface area contributed by atoms with Crippen LogP contribution in [-0.4, -0.2) is 18.1 Å². The summed E-state index contributed by atoms with van der Waals surface area (Å²) in [6.07, 6.45) is -3.49. The Labute approximate surface area is 121 Å².